The van der Waals surface area contributed by atoms with E-state index in [2.05, 4.69) is 34.2 Å². The topological polar surface area (TPSA) is 83.2 Å². The van der Waals surface area contributed by atoms with Gasteiger partial charge >= 0.3 is 0 Å². The zero-order chi connectivity index (χ0) is 20.6. The number of nitrogens with one attached hydrogen (secondary N) is 1. The predicted octanol–water partition coefficient (Wildman–Crippen LogP) is 2.08. The number of carbonyl (C=O) groups is 1. The van der Waals surface area contributed by atoms with Gasteiger partial charge in [0.1, 0.15) is 5.75 Å². The molecule has 154 valence electrons. The summed E-state index contributed by atoms with van der Waals surface area (Å²) in [4.78, 5) is 20.8. The Bertz CT molecular complexity index is 843. The van der Waals surface area contributed by atoms with Crippen molar-refractivity contribution >= 4 is 17.6 Å². The molecular weight excluding hydrogens is 366 g/mol. The molecule has 1 amide bonds. The number of amides is 1. The van der Waals surface area contributed by atoms with Gasteiger partial charge < -0.3 is 25.6 Å². The van der Waals surface area contributed by atoms with Crippen LogP contribution in [0, 0.1) is 0 Å². The number of hydrogen-bond acceptors (Lipinski definition) is 4. The van der Waals surface area contributed by atoms with Crippen LogP contribution in [0.15, 0.2) is 53.5 Å². The summed E-state index contributed by atoms with van der Waals surface area (Å²) in [5, 5.41) is 3.38. The monoisotopic (exact) mass is 395 g/mol. The average molecular weight is 396 g/mol. The molecule has 0 spiro atoms. The van der Waals surface area contributed by atoms with Gasteiger partial charge in [0.15, 0.2) is 5.96 Å². The van der Waals surface area contributed by atoms with Gasteiger partial charge in [-0.25, -0.2) is 4.99 Å². The van der Waals surface area contributed by atoms with Gasteiger partial charge in [-0.2, -0.15) is 0 Å². The predicted molar refractivity (Wildman–Crippen MR) is 117 cm³/mol. The molecule has 0 saturated carbocycles. The van der Waals surface area contributed by atoms with Crippen molar-refractivity contribution in [2.45, 2.75) is 13.5 Å². The number of nitrogens with zero attached hydrogens (tertiary/aromatic N) is 3. The first-order valence-electron chi connectivity index (χ1n) is 9.91. The normalized spacial score (nSPS) is 14.6. The van der Waals surface area contributed by atoms with Crippen molar-refractivity contribution in [1.82, 2.24) is 10.2 Å². The molecule has 0 atom stereocenters. The van der Waals surface area contributed by atoms with E-state index in [9.17, 15) is 4.79 Å². The number of nitrogens with two attached hydrogens (primary N) is 1. The Kier molecular flexibility index (Phi) is 6.94. The van der Waals surface area contributed by atoms with E-state index in [1.54, 1.807) is 19.2 Å². The number of primary amides is 1. The first kappa shape index (κ1) is 20.5. The third kappa shape index (κ3) is 5.40. The van der Waals surface area contributed by atoms with Crippen molar-refractivity contribution in [2.75, 3.05) is 44.7 Å². The molecule has 2 aromatic carbocycles. The first-order chi connectivity index (χ1) is 14.1. The van der Waals surface area contributed by atoms with E-state index in [0.717, 1.165) is 50.0 Å². The van der Waals surface area contributed by atoms with E-state index in [0.29, 0.717) is 12.1 Å². The van der Waals surface area contributed by atoms with E-state index < -0.39 is 5.91 Å². The van der Waals surface area contributed by atoms with E-state index in [1.165, 1.54) is 5.69 Å². The van der Waals surface area contributed by atoms with Gasteiger partial charge in [0.25, 0.3) is 0 Å². The minimum atomic E-state index is -0.419. The molecule has 0 radical (unpaired) electrons. The Morgan fingerprint density at radius 3 is 2.48 bits per heavy atom. The molecule has 0 bridgehead atoms. The highest BCUT2D eigenvalue weighted by Gasteiger charge is 2.20. The molecule has 3 rings (SSSR count). The number of anilines is 1. The molecule has 0 aromatic heterocycles. The van der Waals surface area contributed by atoms with Gasteiger partial charge in [0, 0.05) is 44.0 Å². The Labute approximate surface area is 172 Å². The summed E-state index contributed by atoms with van der Waals surface area (Å²) >= 11 is 0. The third-order valence-corrected chi connectivity index (χ3v) is 4.97. The fourth-order valence-electron chi connectivity index (χ4n) is 3.38. The molecule has 1 aliphatic rings. The molecule has 2 aromatic rings. The summed E-state index contributed by atoms with van der Waals surface area (Å²) in [6, 6.07) is 15.5. The Morgan fingerprint density at radius 1 is 1.14 bits per heavy atom. The Balaban J connectivity index is 1.63. The summed E-state index contributed by atoms with van der Waals surface area (Å²) in [5.41, 5.74) is 8.05. The van der Waals surface area contributed by atoms with E-state index in [-0.39, 0.29) is 0 Å². The maximum atomic E-state index is 11.4. The number of carbonyl (C=O) groups excluding carboxylic acids is 1. The quantitative estimate of drug-likeness (QED) is 0.578. The molecule has 0 aliphatic carbocycles. The Morgan fingerprint density at radius 2 is 1.86 bits per heavy atom. The second kappa shape index (κ2) is 9.82. The van der Waals surface area contributed by atoms with Crippen LogP contribution in [0.1, 0.15) is 22.8 Å². The molecule has 7 nitrogen and oxygen atoms in total. The molecule has 29 heavy (non-hydrogen) atoms. The zero-order valence-corrected chi connectivity index (χ0v) is 17.1. The van der Waals surface area contributed by atoms with Crippen LogP contribution < -0.4 is 20.7 Å². The fourth-order valence-corrected chi connectivity index (χ4v) is 3.38. The zero-order valence-electron chi connectivity index (χ0n) is 17.1. The van der Waals surface area contributed by atoms with Gasteiger partial charge in [-0.3, -0.25) is 4.79 Å². The lowest BCUT2D eigenvalue weighted by molar-refractivity contribution is 0.1000. The minimum Gasteiger partial charge on any atom is -0.497 e. The molecule has 1 fully saturated rings. The molecule has 1 heterocycles. The smallest absolute Gasteiger partial charge is 0.248 e. The van der Waals surface area contributed by atoms with Gasteiger partial charge in [-0.05, 0) is 48.9 Å². The van der Waals surface area contributed by atoms with E-state index in [4.69, 9.17) is 15.5 Å². The van der Waals surface area contributed by atoms with Crippen LogP contribution in [-0.4, -0.2) is 56.6 Å². The molecule has 3 N–H and O–H groups in total. The summed E-state index contributed by atoms with van der Waals surface area (Å²) in [6.45, 7) is 7.00. The lowest BCUT2D eigenvalue weighted by atomic mass is 10.1. The van der Waals surface area contributed by atoms with Crippen LogP contribution in [0.5, 0.6) is 5.75 Å². The molecular formula is C22H29N5O2. The number of aliphatic imine (C=N–C) groups is 1. The second-order valence-electron chi connectivity index (χ2n) is 6.91. The Hall–Kier alpha value is -3.22. The van der Waals surface area contributed by atoms with Crippen LogP contribution in [-0.2, 0) is 6.54 Å². The number of ether oxygens (including phenoxy) is 1. The molecule has 1 aliphatic heterocycles. The van der Waals surface area contributed by atoms with Gasteiger partial charge in [0.05, 0.1) is 13.7 Å². The van der Waals surface area contributed by atoms with Crippen molar-refractivity contribution in [3.63, 3.8) is 0 Å². The van der Waals surface area contributed by atoms with Crippen LogP contribution in [0.4, 0.5) is 5.69 Å². The summed E-state index contributed by atoms with van der Waals surface area (Å²) in [6.07, 6.45) is 0. The van der Waals surface area contributed by atoms with Crippen molar-refractivity contribution in [2.24, 2.45) is 10.7 Å². The number of piperazine rings is 1. The molecule has 7 heteroatoms. The number of guanidine groups is 1. The SMILES string of the molecule is CCNC(=NCc1cccc(C(N)=O)c1)N1CCN(c2ccc(OC)cc2)CC1. The maximum Gasteiger partial charge on any atom is 0.248 e. The first-order valence-corrected chi connectivity index (χ1v) is 9.91. The van der Waals surface area contributed by atoms with E-state index >= 15 is 0 Å². The van der Waals surface area contributed by atoms with Crippen molar-refractivity contribution in [3.8, 4) is 5.75 Å². The average Bonchev–Trinajstić information content (AvgIpc) is 2.77. The summed E-state index contributed by atoms with van der Waals surface area (Å²) in [7, 11) is 1.68. The van der Waals surface area contributed by atoms with Crippen molar-refractivity contribution in [1.29, 1.82) is 0 Å². The highest BCUT2D eigenvalue weighted by atomic mass is 16.5. The maximum absolute atomic E-state index is 11.4. The molecule has 0 unspecified atom stereocenters. The van der Waals surface area contributed by atoms with E-state index in [1.807, 2.05) is 24.3 Å². The second-order valence-corrected chi connectivity index (χ2v) is 6.91. The van der Waals surface area contributed by atoms with Crippen LogP contribution in [0.25, 0.3) is 0 Å². The summed E-state index contributed by atoms with van der Waals surface area (Å²) < 4.78 is 5.24. The number of hydrogen-bond donors (Lipinski definition) is 2. The highest BCUT2D eigenvalue weighted by Crippen LogP contribution is 2.20. The molecule has 1 saturated heterocycles. The summed E-state index contributed by atoms with van der Waals surface area (Å²) in [5.74, 6) is 1.35. The lowest BCUT2D eigenvalue weighted by Gasteiger charge is -2.37. The van der Waals surface area contributed by atoms with Crippen molar-refractivity contribution < 1.29 is 9.53 Å². The van der Waals surface area contributed by atoms with Crippen molar-refractivity contribution in [3.05, 3.63) is 59.7 Å². The van der Waals surface area contributed by atoms with Gasteiger partial charge in [0.2, 0.25) is 5.91 Å². The standard InChI is InChI=1S/C22H29N5O2/c1-3-24-22(25-16-17-5-4-6-18(15-17)21(23)28)27-13-11-26(12-14-27)19-7-9-20(29-2)10-8-19/h4-10,15H,3,11-14,16H2,1-2H3,(H2,23,28)(H,24,25). The lowest BCUT2D eigenvalue weighted by Crippen LogP contribution is -2.52. The number of rotatable bonds is 6. The van der Waals surface area contributed by atoms with Gasteiger partial charge in [-0.15, -0.1) is 0 Å². The minimum absolute atomic E-state index is 0.419. The fraction of sp³-hybridized carbons (Fsp3) is 0.364. The van der Waals surface area contributed by atoms with Crippen LogP contribution >= 0.6 is 0 Å². The highest BCUT2D eigenvalue weighted by molar-refractivity contribution is 5.92. The van der Waals surface area contributed by atoms with Crippen LogP contribution in [0.2, 0.25) is 0 Å². The van der Waals surface area contributed by atoms with Crippen LogP contribution in [0.3, 0.4) is 0 Å². The number of benzene rings is 2. The van der Waals surface area contributed by atoms with Gasteiger partial charge in [-0.1, -0.05) is 12.1 Å². The third-order valence-electron chi connectivity index (χ3n) is 4.97. The number of methoxy groups -OCH3 is 1. The largest absolute Gasteiger partial charge is 0.497 e.